The molecule has 0 aromatic heterocycles. The number of rotatable bonds is 3. The summed E-state index contributed by atoms with van der Waals surface area (Å²) < 4.78 is 0. The van der Waals surface area contributed by atoms with Crippen molar-refractivity contribution in [1.82, 2.24) is 4.90 Å². The van der Waals surface area contributed by atoms with Crippen molar-refractivity contribution in [3.63, 3.8) is 0 Å². The van der Waals surface area contributed by atoms with E-state index in [4.69, 9.17) is 5.73 Å². The van der Waals surface area contributed by atoms with Gasteiger partial charge in [-0.05, 0) is 62.9 Å². The SMILES string of the molecule is CCC1CCC(CN)(N2CCC(C)(C)CC2)CC1. The Hall–Kier alpha value is -0.0800. The quantitative estimate of drug-likeness (QED) is 0.834. The summed E-state index contributed by atoms with van der Waals surface area (Å²) >= 11 is 0. The topological polar surface area (TPSA) is 29.3 Å². The van der Waals surface area contributed by atoms with Crippen LogP contribution in [0.1, 0.15) is 65.7 Å². The molecule has 0 unspecified atom stereocenters. The second kappa shape index (κ2) is 5.50. The zero-order valence-electron chi connectivity index (χ0n) is 12.7. The molecule has 0 atom stereocenters. The second-order valence-corrected chi connectivity index (χ2v) is 7.43. The normalized spacial score (nSPS) is 37.7. The molecule has 0 amide bonds. The van der Waals surface area contributed by atoms with Gasteiger partial charge in [-0.15, -0.1) is 0 Å². The van der Waals surface area contributed by atoms with E-state index in [1.165, 1.54) is 58.0 Å². The molecule has 1 saturated carbocycles. The van der Waals surface area contributed by atoms with Crippen molar-refractivity contribution in [2.75, 3.05) is 19.6 Å². The van der Waals surface area contributed by atoms with Crippen LogP contribution in [0, 0.1) is 11.3 Å². The van der Waals surface area contributed by atoms with Crippen molar-refractivity contribution in [2.45, 2.75) is 71.3 Å². The highest BCUT2D eigenvalue weighted by Crippen LogP contribution is 2.40. The van der Waals surface area contributed by atoms with Crippen LogP contribution in [0.15, 0.2) is 0 Å². The number of nitrogens with two attached hydrogens (primary N) is 1. The summed E-state index contributed by atoms with van der Waals surface area (Å²) in [6.45, 7) is 10.6. The number of piperidine rings is 1. The highest BCUT2D eigenvalue weighted by Gasteiger charge is 2.41. The Morgan fingerprint density at radius 3 is 2.06 bits per heavy atom. The molecule has 1 aliphatic heterocycles. The first-order valence-corrected chi connectivity index (χ1v) is 7.96. The minimum Gasteiger partial charge on any atom is -0.329 e. The Morgan fingerprint density at radius 1 is 1.06 bits per heavy atom. The molecule has 0 aromatic carbocycles. The Bertz CT molecular complexity index is 254. The van der Waals surface area contributed by atoms with Gasteiger partial charge in [-0.25, -0.2) is 0 Å². The third-order valence-corrected chi connectivity index (χ3v) is 5.78. The summed E-state index contributed by atoms with van der Waals surface area (Å²) in [6.07, 6.45) is 9.50. The summed E-state index contributed by atoms with van der Waals surface area (Å²) in [5.41, 5.74) is 7.08. The molecular weight excluding hydrogens is 220 g/mol. The molecular formula is C16H32N2. The van der Waals surface area contributed by atoms with Crippen molar-refractivity contribution in [3.05, 3.63) is 0 Å². The molecule has 1 saturated heterocycles. The van der Waals surface area contributed by atoms with Gasteiger partial charge in [0, 0.05) is 12.1 Å². The number of hydrogen-bond acceptors (Lipinski definition) is 2. The van der Waals surface area contributed by atoms with Crippen LogP contribution in [0.4, 0.5) is 0 Å². The van der Waals surface area contributed by atoms with Crippen LogP contribution in [-0.2, 0) is 0 Å². The van der Waals surface area contributed by atoms with Gasteiger partial charge in [0.1, 0.15) is 0 Å². The maximum absolute atomic E-state index is 6.18. The van der Waals surface area contributed by atoms with Crippen molar-refractivity contribution >= 4 is 0 Å². The van der Waals surface area contributed by atoms with Crippen LogP contribution in [0.3, 0.4) is 0 Å². The van der Waals surface area contributed by atoms with Crippen LogP contribution in [0.25, 0.3) is 0 Å². The molecule has 2 fully saturated rings. The van der Waals surface area contributed by atoms with Crippen LogP contribution < -0.4 is 5.73 Å². The molecule has 1 aliphatic carbocycles. The third kappa shape index (κ3) is 2.91. The van der Waals surface area contributed by atoms with E-state index in [1.807, 2.05) is 0 Å². The first-order valence-electron chi connectivity index (χ1n) is 7.96. The highest BCUT2D eigenvalue weighted by molar-refractivity contribution is 4.98. The van der Waals surface area contributed by atoms with Crippen molar-refractivity contribution < 1.29 is 0 Å². The summed E-state index contributed by atoms with van der Waals surface area (Å²) in [4.78, 5) is 2.74. The largest absolute Gasteiger partial charge is 0.329 e. The molecule has 0 spiro atoms. The molecule has 18 heavy (non-hydrogen) atoms. The average molecular weight is 252 g/mol. The van der Waals surface area contributed by atoms with Gasteiger partial charge in [0.05, 0.1) is 0 Å². The summed E-state index contributed by atoms with van der Waals surface area (Å²) in [6, 6.07) is 0. The molecule has 2 rings (SSSR count). The van der Waals surface area contributed by atoms with Gasteiger partial charge in [-0.1, -0.05) is 27.2 Å². The minimum atomic E-state index is 0.349. The molecule has 2 nitrogen and oxygen atoms in total. The lowest BCUT2D eigenvalue weighted by molar-refractivity contribution is -0.000164. The van der Waals surface area contributed by atoms with E-state index in [1.54, 1.807) is 0 Å². The lowest BCUT2D eigenvalue weighted by Crippen LogP contribution is -2.58. The van der Waals surface area contributed by atoms with Gasteiger partial charge in [-0.2, -0.15) is 0 Å². The van der Waals surface area contributed by atoms with Crippen LogP contribution in [0.2, 0.25) is 0 Å². The van der Waals surface area contributed by atoms with Gasteiger partial charge in [0.15, 0.2) is 0 Å². The smallest absolute Gasteiger partial charge is 0.0331 e. The van der Waals surface area contributed by atoms with Crippen LogP contribution in [0.5, 0.6) is 0 Å². The van der Waals surface area contributed by atoms with Gasteiger partial charge >= 0.3 is 0 Å². The van der Waals surface area contributed by atoms with E-state index in [-0.39, 0.29) is 0 Å². The maximum atomic E-state index is 6.18. The highest BCUT2D eigenvalue weighted by atomic mass is 15.2. The van der Waals surface area contributed by atoms with Crippen molar-refractivity contribution in [2.24, 2.45) is 17.1 Å². The summed E-state index contributed by atoms with van der Waals surface area (Å²) in [5, 5.41) is 0. The zero-order chi connectivity index (χ0) is 13.2. The van der Waals surface area contributed by atoms with E-state index in [0.717, 1.165) is 12.5 Å². The summed E-state index contributed by atoms with van der Waals surface area (Å²) in [7, 11) is 0. The van der Waals surface area contributed by atoms with E-state index in [0.29, 0.717) is 11.0 Å². The predicted octanol–water partition coefficient (Wildman–Crippen LogP) is 3.41. The van der Waals surface area contributed by atoms with Crippen molar-refractivity contribution in [1.29, 1.82) is 0 Å². The first kappa shape index (κ1) is 14.3. The first-order chi connectivity index (χ1) is 8.51. The molecule has 2 aliphatic rings. The molecule has 2 N–H and O–H groups in total. The van der Waals surface area contributed by atoms with Crippen LogP contribution in [-0.4, -0.2) is 30.1 Å². The average Bonchev–Trinajstić information content (AvgIpc) is 2.39. The van der Waals surface area contributed by atoms with E-state index >= 15 is 0 Å². The summed E-state index contributed by atoms with van der Waals surface area (Å²) in [5.74, 6) is 0.964. The Kier molecular flexibility index (Phi) is 4.38. The minimum absolute atomic E-state index is 0.349. The zero-order valence-corrected chi connectivity index (χ0v) is 12.7. The second-order valence-electron chi connectivity index (χ2n) is 7.43. The van der Waals surface area contributed by atoms with Gasteiger partial charge in [0.25, 0.3) is 0 Å². The third-order valence-electron chi connectivity index (χ3n) is 5.78. The van der Waals surface area contributed by atoms with E-state index in [9.17, 15) is 0 Å². The lowest BCUT2D eigenvalue weighted by Gasteiger charge is -2.51. The Labute approximate surface area is 113 Å². The van der Waals surface area contributed by atoms with E-state index in [2.05, 4.69) is 25.7 Å². The fourth-order valence-corrected chi connectivity index (χ4v) is 3.86. The fraction of sp³-hybridized carbons (Fsp3) is 1.00. The molecule has 1 heterocycles. The number of likely N-dealkylation sites (tertiary alicyclic amines) is 1. The van der Waals surface area contributed by atoms with Gasteiger partial charge < -0.3 is 5.73 Å². The number of hydrogen-bond donors (Lipinski definition) is 1. The maximum Gasteiger partial charge on any atom is 0.0331 e. The van der Waals surface area contributed by atoms with Gasteiger partial charge in [0.2, 0.25) is 0 Å². The number of nitrogens with zero attached hydrogens (tertiary/aromatic N) is 1. The van der Waals surface area contributed by atoms with Crippen LogP contribution >= 0.6 is 0 Å². The van der Waals surface area contributed by atoms with Crippen molar-refractivity contribution in [3.8, 4) is 0 Å². The van der Waals surface area contributed by atoms with E-state index < -0.39 is 0 Å². The molecule has 106 valence electrons. The molecule has 0 aromatic rings. The Balaban J connectivity index is 1.97. The monoisotopic (exact) mass is 252 g/mol. The molecule has 2 heteroatoms. The standard InChI is InChI=1S/C16H32N2/c1-4-14-5-7-16(13-17,8-6-14)18-11-9-15(2,3)10-12-18/h14H,4-13,17H2,1-3H3. The Morgan fingerprint density at radius 2 is 1.61 bits per heavy atom. The molecule has 0 bridgehead atoms. The predicted molar refractivity (Wildman–Crippen MR) is 78.6 cm³/mol. The van der Waals surface area contributed by atoms with Gasteiger partial charge in [-0.3, -0.25) is 4.90 Å². The lowest BCUT2D eigenvalue weighted by atomic mass is 9.72. The molecule has 0 radical (unpaired) electrons. The fourth-order valence-electron chi connectivity index (χ4n) is 3.86.